The van der Waals surface area contributed by atoms with Gasteiger partial charge in [-0.15, -0.1) is 0 Å². The Labute approximate surface area is 81.3 Å². The number of hydrogen-bond donors (Lipinski definition) is 1. The zero-order chi connectivity index (χ0) is 9.73. The maximum atomic E-state index is 9.96. The third-order valence-electron chi connectivity index (χ3n) is 3.03. The third kappa shape index (κ3) is 2.44. The second kappa shape index (κ2) is 4.97. The van der Waals surface area contributed by atoms with Crippen molar-refractivity contribution >= 4 is 0 Å². The molecule has 1 N–H and O–H groups in total. The van der Waals surface area contributed by atoms with Gasteiger partial charge in [-0.25, -0.2) is 0 Å². The molecule has 1 heterocycles. The number of hydrogen-bond acceptors (Lipinski definition) is 2. The smallest absolute Gasteiger partial charge is 0.0961 e. The summed E-state index contributed by atoms with van der Waals surface area (Å²) in [7, 11) is 0. The monoisotopic (exact) mass is 186 g/mol. The van der Waals surface area contributed by atoms with E-state index in [1.54, 1.807) is 0 Å². The fourth-order valence-corrected chi connectivity index (χ4v) is 2.07. The molecule has 2 unspecified atom stereocenters. The van der Waals surface area contributed by atoms with Crippen LogP contribution in [0.25, 0.3) is 0 Å². The van der Waals surface area contributed by atoms with E-state index in [1.807, 2.05) is 0 Å². The van der Waals surface area contributed by atoms with E-state index in [1.165, 1.54) is 0 Å². The lowest BCUT2D eigenvalue weighted by Gasteiger charge is -2.45. The van der Waals surface area contributed by atoms with Crippen LogP contribution < -0.4 is 0 Å². The van der Waals surface area contributed by atoms with Crippen molar-refractivity contribution in [3.8, 4) is 0 Å². The molecule has 1 fully saturated rings. The molecule has 0 saturated carbocycles. The van der Waals surface area contributed by atoms with E-state index in [4.69, 9.17) is 4.74 Å². The zero-order valence-corrected chi connectivity index (χ0v) is 8.88. The second-order valence-electron chi connectivity index (χ2n) is 4.07. The number of aliphatic hydroxyl groups is 1. The fraction of sp³-hybridized carbons (Fsp3) is 1.00. The van der Waals surface area contributed by atoms with Crippen molar-refractivity contribution in [1.82, 2.24) is 0 Å². The van der Waals surface area contributed by atoms with Crippen LogP contribution in [0.5, 0.6) is 0 Å². The normalized spacial score (nSPS) is 29.8. The molecule has 13 heavy (non-hydrogen) atoms. The minimum Gasteiger partial charge on any atom is -0.390 e. The summed E-state index contributed by atoms with van der Waals surface area (Å²) in [6.07, 6.45) is 6.08. The van der Waals surface area contributed by atoms with E-state index in [0.29, 0.717) is 0 Å². The Kier molecular flexibility index (Phi) is 4.20. The maximum Gasteiger partial charge on any atom is 0.0961 e. The predicted octanol–water partition coefficient (Wildman–Crippen LogP) is 2.50. The van der Waals surface area contributed by atoms with Gasteiger partial charge in [0.15, 0.2) is 0 Å². The number of unbranched alkanes of at least 4 members (excludes halogenated alkanes) is 1. The molecule has 1 rings (SSSR count). The highest BCUT2D eigenvalue weighted by Crippen LogP contribution is 2.36. The van der Waals surface area contributed by atoms with Gasteiger partial charge in [-0.05, 0) is 12.8 Å². The summed E-state index contributed by atoms with van der Waals surface area (Å²) >= 11 is 0. The first kappa shape index (κ1) is 11.0. The minimum atomic E-state index is -0.235. The van der Waals surface area contributed by atoms with Gasteiger partial charge in [-0.1, -0.05) is 33.1 Å². The molecule has 2 heteroatoms. The molecule has 2 atom stereocenters. The van der Waals surface area contributed by atoms with Crippen LogP contribution in [0.1, 0.15) is 52.4 Å². The van der Waals surface area contributed by atoms with Gasteiger partial charge >= 0.3 is 0 Å². The molecular weight excluding hydrogens is 164 g/mol. The standard InChI is InChI=1S/C11H22O2/c1-3-5-6-10(12)11(7-4-2)8-9-13-11/h10,12H,3-9H2,1-2H3. The molecule has 1 aliphatic rings. The second-order valence-corrected chi connectivity index (χ2v) is 4.07. The maximum absolute atomic E-state index is 9.96. The number of aliphatic hydroxyl groups excluding tert-OH is 1. The van der Waals surface area contributed by atoms with E-state index in [-0.39, 0.29) is 11.7 Å². The van der Waals surface area contributed by atoms with E-state index < -0.39 is 0 Å². The van der Waals surface area contributed by atoms with E-state index in [0.717, 1.165) is 45.1 Å². The SMILES string of the molecule is CCCCC(O)C1(CCC)CCO1. The van der Waals surface area contributed by atoms with Gasteiger partial charge in [-0.2, -0.15) is 0 Å². The van der Waals surface area contributed by atoms with Crippen LogP contribution in [-0.4, -0.2) is 23.4 Å². The summed E-state index contributed by atoms with van der Waals surface area (Å²) in [4.78, 5) is 0. The molecule has 0 aromatic heterocycles. The van der Waals surface area contributed by atoms with Crippen LogP contribution in [0.4, 0.5) is 0 Å². The van der Waals surface area contributed by atoms with Gasteiger partial charge in [0, 0.05) is 6.42 Å². The van der Waals surface area contributed by atoms with Crippen molar-refractivity contribution in [2.75, 3.05) is 6.61 Å². The molecule has 0 aliphatic carbocycles. The molecule has 0 spiro atoms. The fourth-order valence-electron chi connectivity index (χ4n) is 2.07. The van der Waals surface area contributed by atoms with Crippen molar-refractivity contribution in [2.45, 2.75) is 64.1 Å². The van der Waals surface area contributed by atoms with Gasteiger partial charge < -0.3 is 9.84 Å². The van der Waals surface area contributed by atoms with Gasteiger partial charge in [0.2, 0.25) is 0 Å². The predicted molar refractivity (Wildman–Crippen MR) is 53.7 cm³/mol. The van der Waals surface area contributed by atoms with Crippen molar-refractivity contribution < 1.29 is 9.84 Å². The molecule has 78 valence electrons. The Hall–Kier alpha value is -0.0800. The van der Waals surface area contributed by atoms with Crippen molar-refractivity contribution in [2.24, 2.45) is 0 Å². The molecule has 0 amide bonds. The summed E-state index contributed by atoms with van der Waals surface area (Å²) in [5.74, 6) is 0. The first-order chi connectivity index (χ1) is 6.25. The molecule has 2 nitrogen and oxygen atoms in total. The lowest BCUT2D eigenvalue weighted by atomic mass is 9.82. The third-order valence-corrected chi connectivity index (χ3v) is 3.03. The average Bonchev–Trinajstić information content (AvgIpc) is 2.07. The summed E-state index contributed by atoms with van der Waals surface area (Å²) in [6.45, 7) is 5.14. The van der Waals surface area contributed by atoms with Crippen LogP contribution in [0.15, 0.2) is 0 Å². The highest BCUT2D eigenvalue weighted by Gasteiger charge is 2.43. The molecular formula is C11H22O2. The van der Waals surface area contributed by atoms with Gasteiger partial charge in [0.05, 0.1) is 18.3 Å². The van der Waals surface area contributed by atoms with Gasteiger partial charge in [0.25, 0.3) is 0 Å². The van der Waals surface area contributed by atoms with Crippen LogP contribution in [-0.2, 0) is 4.74 Å². The highest BCUT2D eigenvalue weighted by atomic mass is 16.5. The summed E-state index contributed by atoms with van der Waals surface area (Å²) in [5, 5.41) is 9.96. The first-order valence-electron chi connectivity index (χ1n) is 5.57. The van der Waals surface area contributed by atoms with E-state index in [9.17, 15) is 5.11 Å². The molecule has 0 aromatic carbocycles. The highest BCUT2D eigenvalue weighted by molar-refractivity contribution is 4.93. The number of rotatable bonds is 6. The summed E-state index contributed by atoms with van der Waals surface area (Å²) < 4.78 is 5.57. The minimum absolute atomic E-state index is 0.163. The summed E-state index contributed by atoms with van der Waals surface area (Å²) in [6, 6.07) is 0. The molecule has 0 aromatic rings. The van der Waals surface area contributed by atoms with Crippen LogP contribution in [0, 0.1) is 0 Å². The van der Waals surface area contributed by atoms with E-state index in [2.05, 4.69) is 13.8 Å². The van der Waals surface area contributed by atoms with Crippen molar-refractivity contribution in [3.63, 3.8) is 0 Å². The Balaban J connectivity index is 2.35. The van der Waals surface area contributed by atoms with Crippen LogP contribution in [0.2, 0.25) is 0 Å². The lowest BCUT2D eigenvalue weighted by molar-refractivity contribution is -0.210. The largest absolute Gasteiger partial charge is 0.390 e. The Bertz CT molecular complexity index is 141. The quantitative estimate of drug-likeness (QED) is 0.690. The van der Waals surface area contributed by atoms with Gasteiger partial charge in [0.1, 0.15) is 0 Å². The van der Waals surface area contributed by atoms with Crippen LogP contribution >= 0.6 is 0 Å². The lowest BCUT2D eigenvalue weighted by Crippen LogP contribution is -2.53. The Morgan fingerprint density at radius 1 is 1.38 bits per heavy atom. The zero-order valence-electron chi connectivity index (χ0n) is 8.88. The average molecular weight is 186 g/mol. The molecule has 0 bridgehead atoms. The van der Waals surface area contributed by atoms with Crippen LogP contribution in [0.3, 0.4) is 0 Å². The molecule has 0 radical (unpaired) electrons. The topological polar surface area (TPSA) is 29.5 Å². The van der Waals surface area contributed by atoms with Crippen molar-refractivity contribution in [3.05, 3.63) is 0 Å². The van der Waals surface area contributed by atoms with Crippen molar-refractivity contribution in [1.29, 1.82) is 0 Å². The first-order valence-corrected chi connectivity index (χ1v) is 5.57. The Morgan fingerprint density at radius 3 is 2.46 bits per heavy atom. The number of ether oxygens (including phenoxy) is 1. The van der Waals surface area contributed by atoms with E-state index >= 15 is 0 Å². The molecule has 1 aliphatic heterocycles. The Morgan fingerprint density at radius 2 is 2.08 bits per heavy atom. The molecule has 1 saturated heterocycles. The summed E-state index contributed by atoms with van der Waals surface area (Å²) in [5.41, 5.74) is -0.163. The van der Waals surface area contributed by atoms with Gasteiger partial charge in [-0.3, -0.25) is 0 Å².